The predicted molar refractivity (Wildman–Crippen MR) is 89.3 cm³/mol. The number of nitrogens with one attached hydrogen (secondary N) is 1. The molecule has 0 radical (unpaired) electrons. The van der Waals surface area contributed by atoms with Crippen LogP contribution >= 0.6 is 0 Å². The van der Waals surface area contributed by atoms with Gasteiger partial charge in [-0.05, 0) is 24.3 Å². The number of hydrogen-bond acceptors (Lipinski definition) is 7. The fourth-order valence-corrected chi connectivity index (χ4v) is 4.39. The first-order valence-electron chi connectivity index (χ1n) is 6.93. The van der Waals surface area contributed by atoms with Crippen LogP contribution in [0.5, 0.6) is 0 Å². The lowest BCUT2D eigenvalue weighted by Gasteiger charge is -2.21. The number of benzene rings is 1. The molecule has 9 nitrogen and oxygen atoms in total. The highest BCUT2D eigenvalue weighted by molar-refractivity contribution is 7.89. The molecule has 1 amide bonds. The molecule has 1 N–H and O–H groups in total. The first-order chi connectivity index (χ1) is 11.7. The lowest BCUT2D eigenvalue weighted by Crippen LogP contribution is -2.37. The second-order valence-electron chi connectivity index (χ2n) is 5.10. The van der Waals surface area contributed by atoms with Crippen molar-refractivity contribution >= 4 is 42.1 Å². The van der Waals surface area contributed by atoms with E-state index in [4.69, 9.17) is 0 Å². The molecular formula is C12H16F2N2O7S3. The second-order valence-corrected chi connectivity index (χ2v) is 10.0. The molecule has 0 saturated carbocycles. The molecule has 1 rings (SSSR count). The van der Waals surface area contributed by atoms with Gasteiger partial charge in [0.05, 0.1) is 16.4 Å². The average molecular weight is 434 g/mol. The molecule has 0 aliphatic carbocycles. The number of hydrogen-bond donors (Lipinski definition) is 1. The van der Waals surface area contributed by atoms with E-state index in [2.05, 4.69) is 5.32 Å². The molecule has 1 aromatic carbocycles. The summed E-state index contributed by atoms with van der Waals surface area (Å²) in [4.78, 5) is 10.6. The zero-order valence-electron chi connectivity index (χ0n) is 13.4. The Morgan fingerprint density at radius 2 is 1.35 bits per heavy atom. The van der Waals surface area contributed by atoms with E-state index in [1.54, 1.807) is 0 Å². The van der Waals surface area contributed by atoms with Crippen molar-refractivity contribution < 1.29 is 37.8 Å². The van der Waals surface area contributed by atoms with E-state index in [9.17, 15) is 37.8 Å². The number of carbonyl (C=O) groups is 1. The van der Waals surface area contributed by atoms with E-state index < -0.39 is 61.0 Å². The summed E-state index contributed by atoms with van der Waals surface area (Å²) in [7, 11) is -14.5. The van der Waals surface area contributed by atoms with Crippen LogP contribution in [-0.2, 0) is 35.3 Å². The third-order valence-corrected chi connectivity index (χ3v) is 6.23. The molecule has 148 valence electrons. The molecule has 0 aliphatic heterocycles. The Balaban J connectivity index is 3.13. The summed E-state index contributed by atoms with van der Waals surface area (Å²) in [5, 5.41) is 2.40. The number of halogens is 2. The zero-order chi connectivity index (χ0) is 20.2. The van der Waals surface area contributed by atoms with Crippen molar-refractivity contribution in [3.8, 4) is 0 Å². The molecule has 0 heterocycles. The van der Waals surface area contributed by atoms with Crippen molar-refractivity contribution in [3.63, 3.8) is 0 Å². The molecule has 0 fully saturated rings. The van der Waals surface area contributed by atoms with Crippen molar-refractivity contribution in [1.82, 2.24) is 4.31 Å². The maximum absolute atomic E-state index is 12.7. The zero-order valence-corrected chi connectivity index (χ0v) is 15.9. The highest BCUT2D eigenvalue weighted by Crippen LogP contribution is 2.19. The van der Waals surface area contributed by atoms with Gasteiger partial charge in [-0.1, -0.05) is 0 Å². The smallest absolute Gasteiger partial charge is 0.303 e. The number of carbonyl (C=O) groups excluding carboxylic acids is 1. The highest BCUT2D eigenvalue weighted by atomic mass is 32.3. The Kier molecular flexibility index (Phi) is 7.21. The van der Waals surface area contributed by atoms with Gasteiger partial charge in [0.2, 0.25) is 15.9 Å². The number of nitrogens with zero attached hydrogens (tertiary/aromatic N) is 1. The van der Waals surface area contributed by atoms with Gasteiger partial charge in [-0.25, -0.2) is 8.42 Å². The fraction of sp³-hybridized carbons (Fsp3) is 0.417. The summed E-state index contributed by atoms with van der Waals surface area (Å²) >= 11 is 0. The molecule has 0 spiro atoms. The topological polar surface area (TPSA) is 135 Å². The summed E-state index contributed by atoms with van der Waals surface area (Å²) in [6.07, 6.45) is 0. The van der Waals surface area contributed by atoms with Gasteiger partial charge in [0.25, 0.3) is 0 Å². The number of sulfonamides is 1. The van der Waals surface area contributed by atoms with Crippen molar-refractivity contribution in [1.29, 1.82) is 0 Å². The van der Waals surface area contributed by atoms with Crippen LogP contribution in [0.1, 0.15) is 6.92 Å². The maximum Gasteiger partial charge on any atom is 0.303 e. The van der Waals surface area contributed by atoms with Gasteiger partial charge >= 0.3 is 20.4 Å². The lowest BCUT2D eigenvalue weighted by molar-refractivity contribution is -0.114. The first-order valence-corrected chi connectivity index (χ1v) is 11.5. The lowest BCUT2D eigenvalue weighted by atomic mass is 10.3. The quantitative estimate of drug-likeness (QED) is 0.550. The van der Waals surface area contributed by atoms with Gasteiger partial charge in [0.15, 0.2) is 0 Å². The van der Waals surface area contributed by atoms with Gasteiger partial charge in [-0.15, -0.1) is 7.77 Å². The molecule has 0 saturated heterocycles. The molecular weight excluding hydrogens is 418 g/mol. The van der Waals surface area contributed by atoms with Crippen LogP contribution in [-0.4, -0.2) is 60.1 Å². The van der Waals surface area contributed by atoms with Crippen LogP contribution in [0, 0.1) is 0 Å². The highest BCUT2D eigenvalue weighted by Gasteiger charge is 2.27. The standard InChI is InChI=1S/C12H16F2N2O7S3/c1-10(17)15-11-2-4-12(5-3-11)26(22,23)16(6-8-24(13,18)19)7-9-25(14,20)21/h2-5H,6-9H2,1H3,(H,15,17). The predicted octanol–water partition coefficient (Wildman–Crippen LogP) is 0.234. The molecule has 1 aromatic rings. The third kappa shape index (κ3) is 7.72. The first kappa shape index (κ1) is 22.4. The fourth-order valence-electron chi connectivity index (χ4n) is 1.84. The van der Waals surface area contributed by atoms with Gasteiger partial charge in [0.1, 0.15) is 0 Å². The van der Waals surface area contributed by atoms with Crippen molar-refractivity contribution in [2.24, 2.45) is 0 Å². The number of anilines is 1. The SMILES string of the molecule is CC(=O)Nc1ccc(S(=O)(=O)N(CCS(=O)(=O)F)CCS(=O)(=O)F)cc1. The van der Waals surface area contributed by atoms with Crippen LogP contribution in [0.2, 0.25) is 0 Å². The van der Waals surface area contributed by atoms with Crippen LogP contribution in [0.4, 0.5) is 13.5 Å². The molecule has 0 unspecified atom stereocenters. The second kappa shape index (κ2) is 8.37. The minimum Gasteiger partial charge on any atom is -0.326 e. The molecule has 0 atom stereocenters. The van der Waals surface area contributed by atoms with E-state index in [-0.39, 0.29) is 10.6 Å². The van der Waals surface area contributed by atoms with Gasteiger partial charge in [0, 0.05) is 25.7 Å². The minimum absolute atomic E-state index is 0.278. The van der Waals surface area contributed by atoms with E-state index in [0.717, 1.165) is 12.1 Å². The Morgan fingerprint density at radius 3 is 1.69 bits per heavy atom. The average Bonchev–Trinajstić information content (AvgIpc) is 2.44. The van der Waals surface area contributed by atoms with Gasteiger partial charge in [-0.2, -0.15) is 21.1 Å². The summed E-state index contributed by atoms with van der Waals surface area (Å²) in [5.41, 5.74) is 0.278. The van der Waals surface area contributed by atoms with Gasteiger partial charge < -0.3 is 5.32 Å². The summed E-state index contributed by atoms with van der Waals surface area (Å²) < 4.78 is 93.3. The Morgan fingerprint density at radius 1 is 0.923 bits per heavy atom. The molecule has 0 bridgehead atoms. The minimum atomic E-state index is -5.03. The Labute approximate surface area is 150 Å². The van der Waals surface area contributed by atoms with E-state index in [1.807, 2.05) is 0 Å². The monoisotopic (exact) mass is 434 g/mol. The number of rotatable bonds is 9. The molecule has 0 aromatic heterocycles. The summed E-state index contributed by atoms with van der Waals surface area (Å²) in [6.45, 7) is -0.560. The van der Waals surface area contributed by atoms with Gasteiger partial charge in [-0.3, -0.25) is 4.79 Å². The normalized spacial score (nSPS) is 12.9. The molecule has 0 aliphatic rings. The maximum atomic E-state index is 12.7. The summed E-state index contributed by atoms with van der Waals surface area (Å²) in [5.74, 6) is -2.84. The Hall–Kier alpha value is -1.64. The van der Waals surface area contributed by atoms with Crippen molar-refractivity contribution in [2.75, 3.05) is 29.9 Å². The molecule has 26 heavy (non-hydrogen) atoms. The molecule has 14 heteroatoms. The Bertz CT molecular complexity index is 923. The van der Waals surface area contributed by atoms with Crippen LogP contribution in [0.25, 0.3) is 0 Å². The van der Waals surface area contributed by atoms with E-state index >= 15 is 0 Å². The van der Waals surface area contributed by atoms with E-state index in [1.165, 1.54) is 19.1 Å². The van der Waals surface area contributed by atoms with Crippen molar-refractivity contribution in [3.05, 3.63) is 24.3 Å². The number of amides is 1. The summed E-state index contributed by atoms with van der Waals surface area (Å²) in [6, 6.07) is 4.62. The third-order valence-electron chi connectivity index (χ3n) is 2.98. The van der Waals surface area contributed by atoms with Crippen LogP contribution in [0.3, 0.4) is 0 Å². The van der Waals surface area contributed by atoms with Crippen LogP contribution in [0.15, 0.2) is 29.2 Å². The van der Waals surface area contributed by atoms with Crippen LogP contribution < -0.4 is 5.32 Å². The van der Waals surface area contributed by atoms with Crippen molar-refractivity contribution in [2.45, 2.75) is 11.8 Å². The largest absolute Gasteiger partial charge is 0.326 e. The van der Waals surface area contributed by atoms with E-state index in [0.29, 0.717) is 4.31 Å².